The number of nitrogens with zero attached hydrogens (tertiary/aromatic N) is 3. The summed E-state index contributed by atoms with van der Waals surface area (Å²) in [4.78, 5) is 24.5. The van der Waals surface area contributed by atoms with Gasteiger partial charge < -0.3 is 14.1 Å². The number of hydrogen-bond donors (Lipinski definition) is 0. The fraction of sp³-hybridized carbons (Fsp3) is 0.720. The summed E-state index contributed by atoms with van der Waals surface area (Å²) in [6.45, 7) is 4.34. The Morgan fingerprint density at radius 3 is 2.66 bits per heavy atom. The molecule has 0 bridgehead atoms. The molecule has 0 saturated heterocycles. The van der Waals surface area contributed by atoms with Gasteiger partial charge in [-0.1, -0.05) is 24.2 Å². The standard InChI is InChI=1S/C25H34F3N3O3S/c1-17-29-16-21(34-17)15-20(32)14-19-4-2-18(3-5-19)6-10-31-11-7-22-23(8-12-31)35-24(30-22)33-13-9-25(26,27)28/h16,18-19H,2-15H2,1H3. The maximum absolute atomic E-state index is 12.4. The van der Waals surface area contributed by atoms with Crippen molar-refractivity contribution in [2.45, 2.75) is 77.3 Å². The van der Waals surface area contributed by atoms with E-state index in [9.17, 15) is 18.0 Å². The van der Waals surface area contributed by atoms with E-state index in [0.717, 1.165) is 55.9 Å². The van der Waals surface area contributed by atoms with E-state index < -0.39 is 12.6 Å². The first-order valence-electron chi connectivity index (χ1n) is 12.6. The zero-order valence-corrected chi connectivity index (χ0v) is 21.1. The predicted octanol–water partition coefficient (Wildman–Crippen LogP) is 5.57. The summed E-state index contributed by atoms with van der Waals surface area (Å²) in [6, 6.07) is 0. The predicted molar refractivity (Wildman–Crippen MR) is 127 cm³/mol. The monoisotopic (exact) mass is 513 g/mol. The van der Waals surface area contributed by atoms with Crippen molar-refractivity contribution in [3.05, 3.63) is 28.4 Å². The second kappa shape index (κ2) is 11.9. The van der Waals surface area contributed by atoms with E-state index >= 15 is 0 Å². The molecule has 6 nitrogen and oxygen atoms in total. The van der Waals surface area contributed by atoms with Crippen molar-refractivity contribution in [3.63, 3.8) is 0 Å². The van der Waals surface area contributed by atoms with Gasteiger partial charge in [0.15, 0.2) is 5.89 Å². The molecule has 0 amide bonds. The smallest absolute Gasteiger partial charge is 0.392 e. The molecule has 0 N–H and O–H groups in total. The van der Waals surface area contributed by atoms with Crippen molar-refractivity contribution in [1.29, 1.82) is 0 Å². The first-order valence-corrected chi connectivity index (χ1v) is 13.4. The van der Waals surface area contributed by atoms with Gasteiger partial charge in [0.25, 0.3) is 5.19 Å². The molecule has 0 atom stereocenters. The number of Topliss-reactive ketones (excluding diaryl/α,β-unsaturated/α-hetero) is 1. The minimum Gasteiger partial charge on any atom is -0.470 e. The molecule has 2 aromatic heterocycles. The third kappa shape index (κ3) is 8.31. The van der Waals surface area contributed by atoms with Crippen molar-refractivity contribution in [2.24, 2.45) is 11.8 Å². The average Bonchev–Trinajstić information content (AvgIpc) is 3.33. The number of alkyl halides is 3. The third-order valence-corrected chi connectivity index (χ3v) is 8.14. The van der Waals surface area contributed by atoms with Gasteiger partial charge >= 0.3 is 6.18 Å². The van der Waals surface area contributed by atoms with Crippen LogP contribution in [0.1, 0.15) is 67.2 Å². The van der Waals surface area contributed by atoms with E-state index in [0.29, 0.717) is 41.5 Å². The lowest BCUT2D eigenvalue weighted by atomic mass is 9.78. The van der Waals surface area contributed by atoms with Gasteiger partial charge in [-0.15, -0.1) is 0 Å². The number of ketones is 1. The molecule has 35 heavy (non-hydrogen) atoms. The summed E-state index contributed by atoms with van der Waals surface area (Å²) in [5.74, 6) is 2.69. The molecule has 10 heteroatoms. The second-order valence-electron chi connectivity index (χ2n) is 9.85. The lowest BCUT2D eigenvalue weighted by Crippen LogP contribution is -2.30. The van der Waals surface area contributed by atoms with Crippen molar-refractivity contribution in [3.8, 4) is 5.19 Å². The number of ether oxygens (including phenoxy) is 1. The van der Waals surface area contributed by atoms with Gasteiger partial charge in [0, 0.05) is 37.7 Å². The van der Waals surface area contributed by atoms with Gasteiger partial charge in [0.1, 0.15) is 11.5 Å². The van der Waals surface area contributed by atoms with Crippen LogP contribution in [0.2, 0.25) is 0 Å². The Labute approximate surface area is 208 Å². The third-order valence-electron chi connectivity index (χ3n) is 7.07. The number of rotatable bonds is 10. The van der Waals surface area contributed by atoms with Gasteiger partial charge in [-0.25, -0.2) is 9.97 Å². The molecule has 1 aliphatic carbocycles. The highest BCUT2D eigenvalue weighted by Crippen LogP contribution is 2.34. The Balaban J connectivity index is 1.12. The Kier molecular flexibility index (Phi) is 8.86. The molecule has 0 unspecified atom stereocenters. The Morgan fingerprint density at radius 2 is 1.94 bits per heavy atom. The number of thiazole rings is 1. The van der Waals surface area contributed by atoms with Gasteiger partial charge in [-0.05, 0) is 44.1 Å². The van der Waals surface area contributed by atoms with Gasteiger partial charge in [-0.2, -0.15) is 13.2 Å². The summed E-state index contributed by atoms with van der Waals surface area (Å²) in [7, 11) is 0. The molecule has 4 rings (SSSR count). The van der Waals surface area contributed by atoms with E-state index in [2.05, 4.69) is 14.9 Å². The largest absolute Gasteiger partial charge is 0.470 e. The van der Waals surface area contributed by atoms with Crippen LogP contribution in [0.15, 0.2) is 10.6 Å². The minimum atomic E-state index is -4.21. The second-order valence-corrected chi connectivity index (χ2v) is 10.9. The molecular weight excluding hydrogens is 479 g/mol. The molecule has 2 aliphatic rings. The number of fused-ring (bicyclic) bond motifs is 1. The molecule has 1 saturated carbocycles. The summed E-state index contributed by atoms with van der Waals surface area (Å²) >= 11 is 1.39. The Morgan fingerprint density at radius 1 is 1.20 bits per heavy atom. The lowest BCUT2D eigenvalue weighted by Gasteiger charge is -2.30. The number of hydrogen-bond acceptors (Lipinski definition) is 7. The van der Waals surface area contributed by atoms with E-state index in [1.54, 1.807) is 13.1 Å². The van der Waals surface area contributed by atoms with Crippen LogP contribution in [-0.2, 0) is 24.1 Å². The van der Waals surface area contributed by atoms with E-state index in [1.807, 2.05) is 0 Å². The van der Waals surface area contributed by atoms with Crippen molar-refractivity contribution in [2.75, 3.05) is 26.2 Å². The quantitative estimate of drug-likeness (QED) is 0.414. The van der Waals surface area contributed by atoms with Crippen LogP contribution in [0, 0.1) is 18.8 Å². The number of aromatic nitrogens is 2. The lowest BCUT2D eigenvalue weighted by molar-refractivity contribution is -0.139. The van der Waals surface area contributed by atoms with Gasteiger partial charge in [-0.3, -0.25) is 4.79 Å². The molecule has 3 heterocycles. The first-order chi connectivity index (χ1) is 16.7. The zero-order chi connectivity index (χ0) is 24.8. The number of carbonyl (C=O) groups excluding carboxylic acids is 1. The van der Waals surface area contributed by atoms with Crippen LogP contribution in [-0.4, -0.2) is 53.1 Å². The molecule has 0 aromatic carbocycles. The molecule has 1 aliphatic heterocycles. The summed E-state index contributed by atoms with van der Waals surface area (Å²) in [6.07, 6.45) is 4.92. The maximum atomic E-state index is 12.4. The molecule has 2 aromatic rings. The number of oxazole rings is 1. The maximum Gasteiger partial charge on any atom is 0.392 e. The van der Waals surface area contributed by atoms with Gasteiger partial charge in [0.05, 0.1) is 31.3 Å². The van der Waals surface area contributed by atoms with Crippen molar-refractivity contribution < 1.29 is 27.1 Å². The highest BCUT2D eigenvalue weighted by Gasteiger charge is 2.28. The molecule has 0 spiro atoms. The van der Waals surface area contributed by atoms with Crippen LogP contribution in [0.25, 0.3) is 0 Å². The highest BCUT2D eigenvalue weighted by molar-refractivity contribution is 7.13. The zero-order valence-electron chi connectivity index (χ0n) is 20.2. The average molecular weight is 514 g/mol. The molecule has 0 radical (unpaired) electrons. The minimum absolute atomic E-state index is 0.240. The normalized spacial score (nSPS) is 21.5. The fourth-order valence-electron chi connectivity index (χ4n) is 5.09. The van der Waals surface area contributed by atoms with E-state index in [-0.39, 0.29) is 12.4 Å². The van der Waals surface area contributed by atoms with Crippen LogP contribution < -0.4 is 4.74 Å². The van der Waals surface area contributed by atoms with Crippen LogP contribution >= 0.6 is 11.3 Å². The van der Waals surface area contributed by atoms with Crippen molar-refractivity contribution >= 4 is 17.1 Å². The van der Waals surface area contributed by atoms with Crippen LogP contribution in [0.3, 0.4) is 0 Å². The van der Waals surface area contributed by atoms with E-state index in [4.69, 9.17) is 9.15 Å². The van der Waals surface area contributed by atoms with Crippen LogP contribution in [0.5, 0.6) is 5.19 Å². The van der Waals surface area contributed by atoms with Gasteiger partial charge in [0.2, 0.25) is 0 Å². The fourth-order valence-corrected chi connectivity index (χ4v) is 6.06. The van der Waals surface area contributed by atoms with Crippen molar-refractivity contribution in [1.82, 2.24) is 14.9 Å². The highest BCUT2D eigenvalue weighted by atomic mass is 32.1. The molecule has 1 fully saturated rings. The SMILES string of the molecule is Cc1ncc(CC(=O)CC2CCC(CCN3CCc4nc(OCCC(F)(F)F)sc4CC3)CC2)o1. The molecular formula is C25H34F3N3O3S. The summed E-state index contributed by atoms with van der Waals surface area (Å²) in [5, 5.41) is 0.360. The Hall–Kier alpha value is -1.94. The number of aryl methyl sites for hydroxylation is 1. The number of carbonyl (C=O) groups is 1. The Bertz CT molecular complexity index is 941. The van der Waals surface area contributed by atoms with E-state index in [1.165, 1.54) is 30.6 Å². The summed E-state index contributed by atoms with van der Waals surface area (Å²) < 4.78 is 47.6. The molecule has 194 valence electrons. The topological polar surface area (TPSA) is 68.5 Å². The summed E-state index contributed by atoms with van der Waals surface area (Å²) in [5.41, 5.74) is 0.977. The first kappa shape index (κ1) is 26.1. The number of halogens is 3. The van der Waals surface area contributed by atoms with Crippen LogP contribution in [0.4, 0.5) is 13.2 Å².